The third-order valence-corrected chi connectivity index (χ3v) is 4.67. The van der Waals surface area contributed by atoms with Crippen LogP contribution >= 0.6 is 11.8 Å². The van der Waals surface area contributed by atoms with Crippen LogP contribution in [0.15, 0.2) is 0 Å². The number of morpholine rings is 1. The minimum Gasteiger partial charge on any atom is -0.374 e. The Morgan fingerprint density at radius 2 is 2.41 bits per heavy atom. The first-order valence-corrected chi connectivity index (χ1v) is 8.19. The maximum absolute atomic E-state index is 5.91. The fourth-order valence-electron chi connectivity index (χ4n) is 2.72. The van der Waals surface area contributed by atoms with Crippen molar-refractivity contribution in [2.24, 2.45) is 0 Å². The zero-order valence-electron chi connectivity index (χ0n) is 11.0. The van der Waals surface area contributed by atoms with E-state index in [9.17, 15) is 0 Å². The van der Waals surface area contributed by atoms with E-state index in [1.807, 2.05) is 11.8 Å². The molecule has 1 N–H and O–H groups in total. The minimum atomic E-state index is 0.420. The van der Waals surface area contributed by atoms with Crippen molar-refractivity contribution in [3.05, 3.63) is 0 Å². The van der Waals surface area contributed by atoms with Crippen molar-refractivity contribution in [3.63, 3.8) is 0 Å². The van der Waals surface area contributed by atoms with Crippen molar-refractivity contribution in [3.8, 4) is 0 Å². The Hall–Kier alpha value is 0.230. The van der Waals surface area contributed by atoms with Crippen molar-refractivity contribution in [1.29, 1.82) is 0 Å². The molecule has 0 aliphatic carbocycles. The molecule has 2 aliphatic rings. The number of nitrogens with one attached hydrogen (secondary N) is 1. The summed E-state index contributed by atoms with van der Waals surface area (Å²) in [6, 6.07) is 0.729. The predicted octanol–water partition coefficient (Wildman–Crippen LogP) is 1.58. The summed E-state index contributed by atoms with van der Waals surface area (Å²) in [6.07, 6.45) is 4.40. The molecule has 0 aromatic heterocycles. The minimum absolute atomic E-state index is 0.420. The molecule has 2 rings (SSSR count). The molecule has 3 nitrogen and oxygen atoms in total. The number of hydrogen-bond donors (Lipinski definition) is 1. The Labute approximate surface area is 110 Å². The van der Waals surface area contributed by atoms with Crippen LogP contribution in [-0.2, 0) is 4.74 Å². The first-order valence-electron chi connectivity index (χ1n) is 7.04. The third kappa shape index (κ3) is 4.43. The quantitative estimate of drug-likeness (QED) is 0.701. The van der Waals surface area contributed by atoms with Gasteiger partial charge in [-0.2, -0.15) is 11.8 Å². The Morgan fingerprint density at radius 1 is 1.47 bits per heavy atom. The molecule has 0 spiro atoms. The second-order valence-electron chi connectivity index (χ2n) is 5.00. The molecule has 17 heavy (non-hydrogen) atoms. The zero-order valence-corrected chi connectivity index (χ0v) is 11.8. The Bertz CT molecular complexity index is 216. The fraction of sp³-hybridized carbons (Fsp3) is 1.00. The van der Waals surface area contributed by atoms with Crippen molar-refractivity contribution < 1.29 is 4.74 Å². The van der Waals surface area contributed by atoms with Gasteiger partial charge in [-0.3, -0.25) is 4.90 Å². The normalized spacial score (nSPS) is 29.5. The molecule has 2 fully saturated rings. The number of ether oxygens (including phenoxy) is 1. The lowest BCUT2D eigenvalue weighted by Gasteiger charge is -2.35. The first kappa shape index (κ1) is 13.7. The molecular formula is C13H26N2OS. The molecule has 0 radical (unpaired) electrons. The Morgan fingerprint density at radius 3 is 3.29 bits per heavy atom. The van der Waals surface area contributed by atoms with Gasteiger partial charge in [-0.05, 0) is 43.9 Å². The first-order chi connectivity index (χ1) is 8.40. The standard InChI is InChI=1S/C13H26N2OS/c1-2-17-8-4-6-14-9-13-10-15-7-3-5-12(15)11-16-13/h12-14H,2-11H2,1H3. The summed E-state index contributed by atoms with van der Waals surface area (Å²) in [4.78, 5) is 2.61. The van der Waals surface area contributed by atoms with Gasteiger partial charge in [-0.25, -0.2) is 0 Å². The number of nitrogens with zero attached hydrogens (tertiary/aromatic N) is 1. The maximum atomic E-state index is 5.91. The van der Waals surface area contributed by atoms with E-state index in [0.29, 0.717) is 6.10 Å². The lowest BCUT2D eigenvalue weighted by molar-refractivity contribution is -0.0468. The highest BCUT2D eigenvalue weighted by Gasteiger charge is 2.31. The second kappa shape index (κ2) is 7.62. The average molecular weight is 258 g/mol. The van der Waals surface area contributed by atoms with Crippen LogP contribution in [0.4, 0.5) is 0 Å². The van der Waals surface area contributed by atoms with Crippen LogP contribution < -0.4 is 5.32 Å². The van der Waals surface area contributed by atoms with Gasteiger partial charge < -0.3 is 10.1 Å². The van der Waals surface area contributed by atoms with Gasteiger partial charge in [0.2, 0.25) is 0 Å². The van der Waals surface area contributed by atoms with Crippen molar-refractivity contribution in [2.45, 2.75) is 38.3 Å². The summed E-state index contributed by atoms with van der Waals surface area (Å²) in [7, 11) is 0. The lowest BCUT2D eigenvalue weighted by atomic mass is 10.2. The van der Waals surface area contributed by atoms with Crippen molar-refractivity contribution >= 4 is 11.8 Å². The number of fused-ring (bicyclic) bond motifs is 1. The molecule has 0 bridgehead atoms. The maximum Gasteiger partial charge on any atom is 0.0826 e. The van der Waals surface area contributed by atoms with Crippen LogP contribution in [0.3, 0.4) is 0 Å². The SMILES string of the molecule is CCSCCCNCC1CN2CCCC2CO1. The summed E-state index contributed by atoms with van der Waals surface area (Å²) >= 11 is 2.03. The van der Waals surface area contributed by atoms with Crippen molar-refractivity contribution in [1.82, 2.24) is 10.2 Å². The van der Waals surface area contributed by atoms with Gasteiger partial charge in [0, 0.05) is 19.1 Å². The van der Waals surface area contributed by atoms with Crippen LogP contribution in [-0.4, -0.2) is 61.3 Å². The summed E-state index contributed by atoms with van der Waals surface area (Å²) in [6.45, 7) is 7.77. The number of thioether (sulfide) groups is 1. The van der Waals surface area contributed by atoms with E-state index in [4.69, 9.17) is 4.74 Å². The lowest BCUT2D eigenvalue weighted by Crippen LogP contribution is -2.49. The van der Waals surface area contributed by atoms with E-state index < -0.39 is 0 Å². The highest BCUT2D eigenvalue weighted by molar-refractivity contribution is 7.99. The zero-order chi connectivity index (χ0) is 11.9. The van der Waals surface area contributed by atoms with Crippen LogP contribution in [0.1, 0.15) is 26.2 Å². The number of hydrogen-bond acceptors (Lipinski definition) is 4. The highest BCUT2D eigenvalue weighted by Crippen LogP contribution is 2.22. The summed E-state index contributed by atoms with van der Waals surface area (Å²) in [5, 5.41) is 3.53. The average Bonchev–Trinajstić information content (AvgIpc) is 2.81. The van der Waals surface area contributed by atoms with Gasteiger partial charge in [0.15, 0.2) is 0 Å². The summed E-state index contributed by atoms with van der Waals surface area (Å²) in [5.41, 5.74) is 0. The Balaban J connectivity index is 1.51. The molecule has 0 amide bonds. The second-order valence-corrected chi connectivity index (χ2v) is 6.39. The third-order valence-electron chi connectivity index (χ3n) is 3.68. The van der Waals surface area contributed by atoms with E-state index >= 15 is 0 Å². The van der Waals surface area contributed by atoms with Crippen LogP contribution in [0.5, 0.6) is 0 Å². The van der Waals surface area contributed by atoms with E-state index in [2.05, 4.69) is 17.1 Å². The molecular weight excluding hydrogens is 232 g/mol. The van der Waals surface area contributed by atoms with E-state index in [-0.39, 0.29) is 0 Å². The molecule has 2 saturated heterocycles. The van der Waals surface area contributed by atoms with E-state index in [1.54, 1.807) is 0 Å². The highest BCUT2D eigenvalue weighted by atomic mass is 32.2. The van der Waals surface area contributed by atoms with Gasteiger partial charge in [0.25, 0.3) is 0 Å². The monoisotopic (exact) mass is 258 g/mol. The van der Waals surface area contributed by atoms with Crippen LogP contribution in [0.2, 0.25) is 0 Å². The smallest absolute Gasteiger partial charge is 0.0826 e. The van der Waals surface area contributed by atoms with E-state index in [1.165, 1.54) is 37.3 Å². The predicted molar refractivity (Wildman–Crippen MR) is 74.8 cm³/mol. The van der Waals surface area contributed by atoms with Gasteiger partial charge in [-0.15, -0.1) is 0 Å². The molecule has 2 aliphatic heterocycles. The molecule has 2 heterocycles. The van der Waals surface area contributed by atoms with E-state index in [0.717, 1.165) is 32.3 Å². The molecule has 2 unspecified atom stereocenters. The largest absolute Gasteiger partial charge is 0.374 e. The van der Waals surface area contributed by atoms with Gasteiger partial charge in [0.05, 0.1) is 12.7 Å². The number of rotatable bonds is 7. The topological polar surface area (TPSA) is 24.5 Å². The van der Waals surface area contributed by atoms with Gasteiger partial charge in [-0.1, -0.05) is 6.92 Å². The van der Waals surface area contributed by atoms with Crippen LogP contribution in [0.25, 0.3) is 0 Å². The van der Waals surface area contributed by atoms with Gasteiger partial charge >= 0.3 is 0 Å². The summed E-state index contributed by atoms with van der Waals surface area (Å²) in [5.74, 6) is 2.52. The van der Waals surface area contributed by atoms with Crippen LogP contribution in [0, 0.1) is 0 Å². The summed E-state index contributed by atoms with van der Waals surface area (Å²) < 4.78 is 5.91. The fourth-order valence-corrected chi connectivity index (χ4v) is 3.35. The molecule has 2 atom stereocenters. The van der Waals surface area contributed by atoms with Crippen molar-refractivity contribution in [2.75, 3.05) is 44.3 Å². The molecule has 0 aromatic rings. The molecule has 0 aromatic carbocycles. The van der Waals surface area contributed by atoms with Gasteiger partial charge in [0.1, 0.15) is 0 Å². The molecule has 100 valence electrons. The molecule has 4 heteroatoms. The Kier molecular flexibility index (Phi) is 6.12. The molecule has 0 saturated carbocycles.